The second kappa shape index (κ2) is 12.0. The van der Waals surface area contributed by atoms with Gasteiger partial charge in [-0.25, -0.2) is 9.80 Å². The van der Waals surface area contributed by atoms with Crippen molar-refractivity contribution in [3.05, 3.63) is 107 Å². The van der Waals surface area contributed by atoms with Gasteiger partial charge in [0.15, 0.2) is 0 Å². The quantitative estimate of drug-likeness (QED) is 0.425. The predicted molar refractivity (Wildman–Crippen MR) is 154 cm³/mol. The fraction of sp³-hybridized carbons (Fsp3) is 0.0968. The van der Waals surface area contributed by atoms with Crippen LogP contribution in [0.5, 0.6) is 0 Å². The minimum atomic E-state index is -0.400. The largest absolute Gasteiger partial charge is 0.381 e. The van der Waals surface area contributed by atoms with E-state index in [1.165, 1.54) is 12.2 Å². The van der Waals surface area contributed by atoms with E-state index in [1.54, 1.807) is 62.4 Å². The molecule has 3 aromatic carbocycles. The van der Waals surface area contributed by atoms with Gasteiger partial charge in [-0.2, -0.15) is 0 Å². The molecule has 2 aliphatic rings. The summed E-state index contributed by atoms with van der Waals surface area (Å²) in [5.74, 6) is -1.74. The van der Waals surface area contributed by atoms with E-state index < -0.39 is 5.91 Å². The maximum absolute atomic E-state index is 12.7. The first kappa shape index (κ1) is 28.4. The Balaban J connectivity index is 0.00000189. The summed E-state index contributed by atoms with van der Waals surface area (Å²) in [5, 5.41) is 6.12. The molecule has 41 heavy (non-hydrogen) atoms. The summed E-state index contributed by atoms with van der Waals surface area (Å²) in [6.45, 7) is 5.73. The minimum absolute atomic E-state index is 0.308. The number of imide groups is 2. The number of anilines is 4. The minimum Gasteiger partial charge on any atom is -0.381 e. The number of nitrogens with one attached hydrogen (secondary N) is 2. The predicted octanol–water partition coefficient (Wildman–Crippen LogP) is 4.01. The molecular weight excluding hydrogens is 524 g/mol. The van der Waals surface area contributed by atoms with E-state index in [9.17, 15) is 24.0 Å². The van der Waals surface area contributed by atoms with E-state index in [0.29, 0.717) is 40.3 Å². The number of amides is 5. The van der Waals surface area contributed by atoms with Crippen molar-refractivity contribution in [2.24, 2.45) is 0 Å². The Kier molecular flexibility index (Phi) is 8.33. The Morgan fingerprint density at radius 3 is 1.54 bits per heavy atom. The first-order valence-electron chi connectivity index (χ1n) is 12.5. The average molecular weight is 551 g/mol. The molecule has 2 aliphatic heterocycles. The third-order valence-electron chi connectivity index (χ3n) is 6.42. The number of carbonyl (C=O) groups excluding carboxylic acids is 6. The fourth-order valence-electron chi connectivity index (χ4n) is 4.27. The number of hydrogen-bond donors (Lipinski definition) is 2. The van der Waals surface area contributed by atoms with Crippen molar-refractivity contribution in [2.45, 2.75) is 20.4 Å². The summed E-state index contributed by atoms with van der Waals surface area (Å²) in [7, 11) is 0. The maximum Gasteiger partial charge on any atom is 0.261 e. The standard InChI is InChI=1S/C30H24N4O5.CH2O/c1-18-15-26(35)33(29(18)38)24-11-3-20(4-12-24)17-31-22-7-9-23(10-8-22)32-28(37)21-5-13-25(14-6-21)34-27(36)16-19(2)30(34)39;1-2/h3-16,31H,17H2,1-2H3,(H,32,37);1H2. The van der Waals surface area contributed by atoms with Gasteiger partial charge in [0.1, 0.15) is 6.79 Å². The van der Waals surface area contributed by atoms with Gasteiger partial charge in [0, 0.05) is 46.8 Å². The highest BCUT2D eigenvalue weighted by Crippen LogP contribution is 2.25. The third-order valence-corrected chi connectivity index (χ3v) is 6.42. The van der Waals surface area contributed by atoms with E-state index in [4.69, 9.17) is 4.79 Å². The molecule has 0 spiro atoms. The van der Waals surface area contributed by atoms with Crippen LogP contribution < -0.4 is 20.4 Å². The van der Waals surface area contributed by atoms with E-state index in [1.807, 2.05) is 31.1 Å². The van der Waals surface area contributed by atoms with Crippen LogP contribution in [-0.4, -0.2) is 36.3 Å². The van der Waals surface area contributed by atoms with Crippen molar-refractivity contribution < 1.29 is 28.8 Å². The number of carbonyl (C=O) groups is 6. The molecule has 0 aliphatic carbocycles. The molecule has 3 aromatic rings. The number of rotatable bonds is 7. The molecule has 0 bridgehead atoms. The van der Waals surface area contributed by atoms with Gasteiger partial charge in [-0.05, 0) is 80.1 Å². The lowest BCUT2D eigenvalue weighted by molar-refractivity contribution is -0.121. The molecule has 0 fully saturated rings. The number of nitrogens with zero attached hydrogens (tertiary/aromatic N) is 2. The molecule has 10 heteroatoms. The zero-order valence-corrected chi connectivity index (χ0v) is 22.3. The van der Waals surface area contributed by atoms with E-state index in [-0.39, 0.29) is 23.6 Å². The first-order valence-corrected chi connectivity index (χ1v) is 12.5. The summed E-state index contributed by atoms with van der Waals surface area (Å²) in [6.07, 6.45) is 2.62. The van der Waals surface area contributed by atoms with Crippen molar-refractivity contribution in [3.8, 4) is 0 Å². The SMILES string of the molecule is C=O.CC1=CC(=O)N(c2ccc(CNc3ccc(NC(=O)c4ccc(N5C(=O)C=C(C)C5=O)cc4)cc3)cc2)C1=O. The Bertz CT molecular complexity index is 1590. The summed E-state index contributed by atoms with van der Waals surface area (Å²) in [6, 6.07) is 20.7. The highest BCUT2D eigenvalue weighted by molar-refractivity contribution is 6.31. The van der Waals surface area contributed by atoms with Crippen molar-refractivity contribution in [1.82, 2.24) is 0 Å². The molecule has 0 saturated heterocycles. The van der Waals surface area contributed by atoms with Crippen LogP contribution in [-0.2, 0) is 30.5 Å². The second-order valence-corrected chi connectivity index (χ2v) is 9.21. The molecule has 2 heterocycles. The molecule has 5 amide bonds. The van der Waals surface area contributed by atoms with Gasteiger partial charge < -0.3 is 15.4 Å². The van der Waals surface area contributed by atoms with E-state index >= 15 is 0 Å². The maximum atomic E-state index is 12.7. The van der Waals surface area contributed by atoms with Gasteiger partial charge >= 0.3 is 0 Å². The summed E-state index contributed by atoms with van der Waals surface area (Å²) in [4.78, 5) is 71.3. The molecular formula is C31H26N4O6. The fourth-order valence-corrected chi connectivity index (χ4v) is 4.27. The van der Waals surface area contributed by atoms with Gasteiger partial charge in [-0.1, -0.05) is 12.1 Å². The van der Waals surface area contributed by atoms with Crippen LogP contribution in [0.25, 0.3) is 0 Å². The molecule has 0 radical (unpaired) electrons. The normalized spacial score (nSPS) is 14.4. The topological polar surface area (TPSA) is 133 Å². The number of hydrogen-bond acceptors (Lipinski definition) is 7. The van der Waals surface area contributed by atoms with Crippen molar-refractivity contribution >= 4 is 59.1 Å². The van der Waals surface area contributed by atoms with Gasteiger partial charge in [-0.3, -0.25) is 24.0 Å². The van der Waals surface area contributed by atoms with E-state index in [2.05, 4.69) is 10.6 Å². The lowest BCUT2D eigenvalue weighted by atomic mass is 10.1. The molecule has 0 aromatic heterocycles. The lowest BCUT2D eigenvalue weighted by Crippen LogP contribution is -2.30. The van der Waals surface area contributed by atoms with Crippen LogP contribution in [0.4, 0.5) is 22.7 Å². The van der Waals surface area contributed by atoms with Crippen LogP contribution in [0, 0.1) is 0 Å². The Morgan fingerprint density at radius 1 is 0.659 bits per heavy atom. The van der Waals surface area contributed by atoms with Crippen LogP contribution in [0.15, 0.2) is 96.1 Å². The Morgan fingerprint density at radius 2 is 1.10 bits per heavy atom. The van der Waals surface area contributed by atoms with Crippen LogP contribution >= 0.6 is 0 Å². The molecule has 0 unspecified atom stereocenters. The summed E-state index contributed by atoms with van der Waals surface area (Å²) in [5.41, 5.74) is 4.53. The molecule has 10 nitrogen and oxygen atoms in total. The lowest BCUT2D eigenvalue weighted by Gasteiger charge is -2.15. The zero-order valence-electron chi connectivity index (χ0n) is 22.3. The van der Waals surface area contributed by atoms with Crippen LogP contribution in [0.1, 0.15) is 29.8 Å². The molecule has 0 atom stereocenters. The van der Waals surface area contributed by atoms with Crippen molar-refractivity contribution in [1.29, 1.82) is 0 Å². The molecule has 5 rings (SSSR count). The summed E-state index contributed by atoms with van der Waals surface area (Å²) >= 11 is 0. The van der Waals surface area contributed by atoms with Crippen molar-refractivity contribution in [3.63, 3.8) is 0 Å². The summed E-state index contributed by atoms with van der Waals surface area (Å²) < 4.78 is 0. The second-order valence-electron chi connectivity index (χ2n) is 9.21. The smallest absolute Gasteiger partial charge is 0.261 e. The Labute approximate surface area is 235 Å². The zero-order chi connectivity index (χ0) is 29.7. The van der Waals surface area contributed by atoms with Crippen LogP contribution in [0.3, 0.4) is 0 Å². The highest BCUT2D eigenvalue weighted by atomic mass is 16.2. The van der Waals surface area contributed by atoms with E-state index in [0.717, 1.165) is 21.1 Å². The Hall–Kier alpha value is -5.64. The van der Waals surface area contributed by atoms with Gasteiger partial charge in [0.05, 0.1) is 11.4 Å². The van der Waals surface area contributed by atoms with Crippen molar-refractivity contribution in [2.75, 3.05) is 20.4 Å². The van der Waals surface area contributed by atoms with Gasteiger partial charge in [-0.15, -0.1) is 0 Å². The molecule has 2 N–H and O–H groups in total. The van der Waals surface area contributed by atoms with Gasteiger partial charge in [0.2, 0.25) is 0 Å². The third kappa shape index (κ3) is 6.01. The highest BCUT2D eigenvalue weighted by Gasteiger charge is 2.30. The number of benzene rings is 3. The average Bonchev–Trinajstić information content (AvgIpc) is 3.39. The molecule has 206 valence electrons. The van der Waals surface area contributed by atoms with Crippen LogP contribution in [0.2, 0.25) is 0 Å². The molecule has 0 saturated carbocycles. The van der Waals surface area contributed by atoms with Gasteiger partial charge in [0.25, 0.3) is 29.5 Å². The first-order chi connectivity index (χ1) is 19.7. The monoisotopic (exact) mass is 550 g/mol.